The second-order valence-electron chi connectivity index (χ2n) is 7.99. The van der Waals surface area contributed by atoms with Gasteiger partial charge in [0.2, 0.25) is 0 Å². The number of hydrogen-bond donors (Lipinski definition) is 1. The van der Waals surface area contributed by atoms with Crippen LogP contribution < -0.4 is 5.32 Å². The summed E-state index contributed by atoms with van der Waals surface area (Å²) >= 11 is 0. The van der Waals surface area contributed by atoms with Gasteiger partial charge < -0.3 is 14.8 Å². The van der Waals surface area contributed by atoms with Gasteiger partial charge in [-0.25, -0.2) is 4.79 Å². The fraction of sp³-hybridized carbons (Fsp3) is 0.435. The lowest BCUT2D eigenvalue weighted by Crippen LogP contribution is -2.32. The van der Waals surface area contributed by atoms with Crippen molar-refractivity contribution in [3.63, 3.8) is 0 Å². The van der Waals surface area contributed by atoms with Gasteiger partial charge in [0.05, 0.1) is 6.26 Å². The topological polar surface area (TPSA) is 47.6 Å². The van der Waals surface area contributed by atoms with Gasteiger partial charge in [0.15, 0.2) is 0 Å². The summed E-state index contributed by atoms with van der Waals surface area (Å²) in [6.07, 6.45) is 3.15. The minimum absolute atomic E-state index is 0.206. The first-order valence-electron chi connectivity index (χ1n) is 9.26. The standard InChI is InChI=1S/C23H33NO3/c1-9-26-21(17(4)5)20(13-16(2)3)19-12-10-11-18(14-19)15-24-22(25)27-23(6,7)8/h9-14,17H,1,15H2,2-8H3,(H,24,25)/b21-20-. The third-order valence-corrected chi connectivity index (χ3v) is 3.51. The highest BCUT2D eigenvalue weighted by Crippen LogP contribution is 2.28. The van der Waals surface area contributed by atoms with Gasteiger partial charge in [-0.05, 0) is 51.8 Å². The average molecular weight is 372 g/mol. The first-order chi connectivity index (χ1) is 12.5. The summed E-state index contributed by atoms with van der Waals surface area (Å²) < 4.78 is 11.0. The number of hydrogen-bond acceptors (Lipinski definition) is 3. The summed E-state index contributed by atoms with van der Waals surface area (Å²) in [6, 6.07) is 8.05. The van der Waals surface area contributed by atoms with E-state index in [4.69, 9.17) is 9.47 Å². The highest BCUT2D eigenvalue weighted by molar-refractivity contribution is 5.77. The van der Waals surface area contributed by atoms with Crippen LogP contribution in [0.25, 0.3) is 5.57 Å². The quantitative estimate of drug-likeness (QED) is 0.458. The predicted molar refractivity (Wildman–Crippen MR) is 112 cm³/mol. The summed E-state index contributed by atoms with van der Waals surface area (Å²) in [5.74, 6) is 1.07. The van der Waals surface area contributed by atoms with Crippen molar-refractivity contribution in [2.75, 3.05) is 0 Å². The van der Waals surface area contributed by atoms with Crippen LogP contribution in [0.15, 0.2) is 54.5 Å². The van der Waals surface area contributed by atoms with E-state index >= 15 is 0 Å². The maximum absolute atomic E-state index is 11.9. The molecule has 0 saturated heterocycles. The molecule has 1 aromatic rings. The van der Waals surface area contributed by atoms with E-state index in [0.29, 0.717) is 6.54 Å². The van der Waals surface area contributed by atoms with Gasteiger partial charge in [0.25, 0.3) is 0 Å². The highest BCUT2D eigenvalue weighted by atomic mass is 16.6. The van der Waals surface area contributed by atoms with Crippen LogP contribution in [0.5, 0.6) is 0 Å². The molecular formula is C23H33NO3. The zero-order chi connectivity index (χ0) is 20.6. The molecule has 148 valence electrons. The van der Waals surface area contributed by atoms with Crippen LogP contribution in [0, 0.1) is 5.92 Å². The summed E-state index contributed by atoms with van der Waals surface area (Å²) in [5.41, 5.74) is 3.70. The van der Waals surface area contributed by atoms with Crippen molar-refractivity contribution < 1.29 is 14.3 Å². The van der Waals surface area contributed by atoms with Gasteiger partial charge in [-0.15, -0.1) is 0 Å². The summed E-state index contributed by atoms with van der Waals surface area (Å²) in [5, 5.41) is 2.80. The largest absolute Gasteiger partial charge is 0.469 e. The van der Waals surface area contributed by atoms with Crippen LogP contribution in [0.3, 0.4) is 0 Å². The van der Waals surface area contributed by atoms with E-state index in [9.17, 15) is 4.79 Å². The Bertz CT molecular complexity index is 717. The molecule has 1 aromatic carbocycles. The minimum atomic E-state index is -0.514. The van der Waals surface area contributed by atoms with E-state index in [1.54, 1.807) is 0 Å². The molecule has 0 unspecified atom stereocenters. The van der Waals surface area contributed by atoms with Crippen molar-refractivity contribution in [2.45, 2.75) is 60.6 Å². The average Bonchev–Trinajstić information content (AvgIpc) is 2.54. The van der Waals surface area contributed by atoms with E-state index in [1.165, 1.54) is 11.8 Å². The molecule has 0 aliphatic heterocycles. The lowest BCUT2D eigenvalue weighted by Gasteiger charge is -2.20. The SMILES string of the molecule is C=CO/C(=C(/C=C(C)C)c1cccc(CNC(=O)OC(C)(C)C)c1)C(C)C. The summed E-state index contributed by atoms with van der Waals surface area (Å²) in [4.78, 5) is 11.9. The zero-order valence-electron chi connectivity index (χ0n) is 17.7. The Morgan fingerprint density at radius 2 is 1.93 bits per heavy atom. The number of nitrogens with one attached hydrogen (secondary N) is 1. The van der Waals surface area contributed by atoms with Crippen LogP contribution in [0.2, 0.25) is 0 Å². The first kappa shape index (κ1) is 22.6. The van der Waals surface area contributed by atoms with Gasteiger partial charge in [0.1, 0.15) is 11.4 Å². The number of alkyl carbamates (subject to hydrolysis) is 1. The van der Waals surface area contributed by atoms with Crippen LogP contribution >= 0.6 is 0 Å². The Morgan fingerprint density at radius 3 is 2.44 bits per heavy atom. The van der Waals surface area contributed by atoms with Crippen LogP contribution in [-0.2, 0) is 16.0 Å². The lowest BCUT2D eigenvalue weighted by molar-refractivity contribution is 0.0523. The molecule has 0 aliphatic carbocycles. The number of benzene rings is 1. The molecule has 27 heavy (non-hydrogen) atoms. The van der Waals surface area contributed by atoms with E-state index < -0.39 is 11.7 Å². The molecule has 0 aliphatic rings. The normalized spacial score (nSPS) is 12.1. The minimum Gasteiger partial charge on any atom is -0.469 e. The number of carbonyl (C=O) groups is 1. The van der Waals surface area contributed by atoms with Crippen LogP contribution in [0.1, 0.15) is 59.6 Å². The fourth-order valence-corrected chi connectivity index (χ4v) is 2.52. The third kappa shape index (κ3) is 8.16. The molecule has 0 spiro atoms. The summed E-state index contributed by atoms with van der Waals surface area (Å²) in [7, 11) is 0. The van der Waals surface area contributed by atoms with Gasteiger partial charge in [-0.1, -0.05) is 50.3 Å². The molecule has 1 N–H and O–H groups in total. The first-order valence-corrected chi connectivity index (χ1v) is 9.26. The molecule has 0 saturated carbocycles. The fourth-order valence-electron chi connectivity index (χ4n) is 2.52. The summed E-state index contributed by atoms with van der Waals surface area (Å²) in [6.45, 7) is 17.9. The molecular weight excluding hydrogens is 338 g/mol. The Morgan fingerprint density at radius 1 is 1.26 bits per heavy atom. The van der Waals surface area contributed by atoms with Crippen molar-refractivity contribution in [1.29, 1.82) is 0 Å². The molecule has 0 fully saturated rings. The van der Waals surface area contributed by atoms with Crippen molar-refractivity contribution in [3.05, 3.63) is 65.6 Å². The van der Waals surface area contributed by atoms with Crippen molar-refractivity contribution in [1.82, 2.24) is 5.32 Å². The smallest absolute Gasteiger partial charge is 0.407 e. The molecule has 4 heteroatoms. The number of allylic oxidation sites excluding steroid dienone is 4. The van der Waals surface area contributed by atoms with E-state index in [-0.39, 0.29) is 5.92 Å². The second-order valence-corrected chi connectivity index (χ2v) is 7.99. The van der Waals surface area contributed by atoms with Crippen molar-refractivity contribution in [3.8, 4) is 0 Å². The Kier molecular flexibility index (Phi) is 8.35. The van der Waals surface area contributed by atoms with E-state index in [2.05, 4.69) is 51.7 Å². The highest BCUT2D eigenvalue weighted by Gasteiger charge is 2.16. The molecule has 0 atom stereocenters. The van der Waals surface area contributed by atoms with E-state index in [1.807, 2.05) is 39.0 Å². The van der Waals surface area contributed by atoms with Gasteiger partial charge in [-0.2, -0.15) is 0 Å². The van der Waals surface area contributed by atoms with Gasteiger partial charge in [-0.3, -0.25) is 0 Å². The Hall–Kier alpha value is -2.49. The molecule has 0 heterocycles. The monoisotopic (exact) mass is 371 g/mol. The van der Waals surface area contributed by atoms with Crippen molar-refractivity contribution >= 4 is 11.7 Å². The third-order valence-electron chi connectivity index (χ3n) is 3.51. The maximum atomic E-state index is 11.9. The van der Waals surface area contributed by atoms with Crippen LogP contribution in [-0.4, -0.2) is 11.7 Å². The Labute approximate surface area is 164 Å². The molecule has 0 aromatic heterocycles. The number of ether oxygens (including phenoxy) is 2. The molecule has 1 rings (SSSR count). The number of carbonyl (C=O) groups excluding carboxylic acids is 1. The second kappa shape index (κ2) is 10.0. The zero-order valence-corrected chi connectivity index (χ0v) is 17.7. The maximum Gasteiger partial charge on any atom is 0.407 e. The lowest BCUT2D eigenvalue weighted by atomic mass is 9.96. The Balaban J connectivity index is 3.15. The van der Waals surface area contributed by atoms with Gasteiger partial charge in [0, 0.05) is 18.0 Å². The van der Waals surface area contributed by atoms with Crippen LogP contribution in [0.4, 0.5) is 4.79 Å². The molecule has 0 bridgehead atoms. The van der Waals surface area contributed by atoms with E-state index in [0.717, 1.165) is 22.5 Å². The molecule has 1 amide bonds. The molecule has 0 radical (unpaired) electrons. The van der Waals surface area contributed by atoms with Crippen molar-refractivity contribution in [2.24, 2.45) is 5.92 Å². The number of amides is 1. The molecule has 4 nitrogen and oxygen atoms in total. The number of rotatable bonds is 7. The predicted octanol–water partition coefficient (Wildman–Crippen LogP) is 6.20. The van der Waals surface area contributed by atoms with Gasteiger partial charge >= 0.3 is 6.09 Å².